The summed E-state index contributed by atoms with van der Waals surface area (Å²) in [6.45, 7) is 9.20. The highest BCUT2D eigenvalue weighted by Gasteiger charge is 2.53. The van der Waals surface area contributed by atoms with E-state index in [1.54, 1.807) is 11.1 Å². The lowest BCUT2D eigenvalue weighted by molar-refractivity contribution is -0.0731. The molecule has 104 valence electrons. The highest BCUT2D eigenvalue weighted by atomic mass is 16.3. The Balaban J connectivity index is 2.13. The molecule has 2 aliphatic rings. The summed E-state index contributed by atoms with van der Waals surface area (Å²) in [5.74, 6) is 0.595. The average Bonchev–Trinajstić information content (AvgIpc) is 2.36. The van der Waals surface area contributed by atoms with Crippen LogP contribution in [0.4, 0.5) is 0 Å². The van der Waals surface area contributed by atoms with Crippen LogP contribution in [0.1, 0.15) is 56.7 Å². The molecule has 1 aromatic carbocycles. The van der Waals surface area contributed by atoms with E-state index in [9.17, 15) is 5.11 Å². The Bertz CT molecular complexity index is 502. The van der Waals surface area contributed by atoms with Crippen LogP contribution in [0.15, 0.2) is 18.2 Å². The number of aliphatic hydroxyl groups is 1. The maximum atomic E-state index is 10.4. The molecular weight excluding hydrogens is 232 g/mol. The third kappa shape index (κ3) is 1.71. The number of fused-ring (bicyclic) bond motifs is 3. The van der Waals surface area contributed by atoms with Crippen molar-refractivity contribution >= 4 is 0 Å². The molecule has 1 saturated carbocycles. The number of benzene rings is 1. The standard InChI is InChI=1S/C18H26O/c1-12-6-5-7-14-13(12)8-9-15-17(2,3)16(19)10-11-18(14,15)4/h5-7,15-16,19H,8-11H2,1-4H3/t15-,16-,18+/m0/s1. The van der Waals surface area contributed by atoms with E-state index >= 15 is 0 Å². The van der Waals surface area contributed by atoms with E-state index in [2.05, 4.69) is 45.9 Å². The SMILES string of the molecule is Cc1cccc2c1CC[C@H]1C(C)(C)[C@@H](O)CC[C@]21C. The van der Waals surface area contributed by atoms with Crippen LogP contribution < -0.4 is 0 Å². The van der Waals surface area contributed by atoms with Crippen LogP contribution in [0.25, 0.3) is 0 Å². The minimum Gasteiger partial charge on any atom is -0.393 e. The lowest BCUT2D eigenvalue weighted by Gasteiger charge is -2.56. The summed E-state index contributed by atoms with van der Waals surface area (Å²) in [5, 5.41) is 10.4. The van der Waals surface area contributed by atoms with Gasteiger partial charge in [-0.3, -0.25) is 0 Å². The molecule has 0 saturated heterocycles. The van der Waals surface area contributed by atoms with Gasteiger partial charge in [0.15, 0.2) is 0 Å². The van der Waals surface area contributed by atoms with E-state index in [0.29, 0.717) is 5.92 Å². The zero-order chi connectivity index (χ0) is 13.8. The third-order valence-electron chi connectivity index (χ3n) is 6.17. The van der Waals surface area contributed by atoms with Crippen molar-refractivity contribution in [3.05, 3.63) is 34.9 Å². The molecule has 0 heterocycles. The second kappa shape index (κ2) is 4.09. The summed E-state index contributed by atoms with van der Waals surface area (Å²) in [6.07, 6.45) is 4.32. The molecule has 19 heavy (non-hydrogen) atoms. The van der Waals surface area contributed by atoms with E-state index in [1.807, 2.05) is 0 Å². The largest absolute Gasteiger partial charge is 0.393 e. The van der Waals surface area contributed by atoms with Gasteiger partial charge in [0, 0.05) is 0 Å². The Hall–Kier alpha value is -0.820. The molecular formula is C18H26O. The van der Waals surface area contributed by atoms with Crippen LogP contribution >= 0.6 is 0 Å². The van der Waals surface area contributed by atoms with Gasteiger partial charge < -0.3 is 5.11 Å². The maximum Gasteiger partial charge on any atom is 0.0594 e. The topological polar surface area (TPSA) is 20.2 Å². The fourth-order valence-corrected chi connectivity index (χ4v) is 4.91. The third-order valence-corrected chi connectivity index (χ3v) is 6.17. The fraction of sp³-hybridized carbons (Fsp3) is 0.667. The van der Waals surface area contributed by atoms with Gasteiger partial charge in [-0.25, -0.2) is 0 Å². The number of rotatable bonds is 0. The molecule has 0 unspecified atom stereocenters. The van der Waals surface area contributed by atoms with Crippen molar-refractivity contribution in [1.29, 1.82) is 0 Å². The number of aryl methyl sites for hydroxylation is 1. The van der Waals surface area contributed by atoms with Crippen molar-refractivity contribution in [3.63, 3.8) is 0 Å². The van der Waals surface area contributed by atoms with Crippen molar-refractivity contribution in [2.45, 2.75) is 64.9 Å². The van der Waals surface area contributed by atoms with E-state index in [0.717, 1.165) is 12.8 Å². The lowest BCUT2D eigenvalue weighted by atomic mass is 9.49. The van der Waals surface area contributed by atoms with Gasteiger partial charge in [-0.1, -0.05) is 39.0 Å². The molecule has 0 radical (unpaired) electrons. The molecule has 1 nitrogen and oxygen atoms in total. The smallest absolute Gasteiger partial charge is 0.0594 e. The predicted molar refractivity (Wildman–Crippen MR) is 79.4 cm³/mol. The monoisotopic (exact) mass is 258 g/mol. The lowest BCUT2D eigenvalue weighted by Crippen LogP contribution is -2.53. The highest BCUT2D eigenvalue weighted by Crippen LogP contribution is 2.57. The second-order valence-electron chi connectivity index (χ2n) is 7.49. The molecule has 0 aliphatic heterocycles. The van der Waals surface area contributed by atoms with Crippen molar-refractivity contribution in [2.24, 2.45) is 11.3 Å². The molecule has 1 N–H and O–H groups in total. The fourth-order valence-electron chi connectivity index (χ4n) is 4.91. The Morgan fingerprint density at radius 3 is 2.63 bits per heavy atom. The minimum absolute atomic E-state index is 0.0361. The zero-order valence-electron chi connectivity index (χ0n) is 12.7. The van der Waals surface area contributed by atoms with E-state index in [4.69, 9.17) is 0 Å². The Morgan fingerprint density at radius 2 is 1.89 bits per heavy atom. The summed E-state index contributed by atoms with van der Waals surface area (Å²) in [7, 11) is 0. The first-order valence-electron chi connectivity index (χ1n) is 7.64. The quantitative estimate of drug-likeness (QED) is 0.746. The van der Waals surface area contributed by atoms with Crippen LogP contribution in [0, 0.1) is 18.3 Å². The van der Waals surface area contributed by atoms with Gasteiger partial charge in [-0.15, -0.1) is 0 Å². The first-order chi connectivity index (χ1) is 8.87. The maximum absolute atomic E-state index is 10.4. The van der Waals surface area contributed by atoms with Crippen LogP contribution in [0.5, 0.6) is 0 Å². The summed E-state index contributed by atoms with van der Waals surface area (Å²) >= 11 is 0. The van der Waals surface area contributed by atoms with Crippen LogP contribution in [-0.2, 0) is 11.8 Å². The van der Waals surface area contributed by atoms with Crippen LogP contribution in [0.2, 0.25) is 0 Å². The van der Waals surface area contributed by atoms with Gasteiger partial charge in [0.1, 0.15) is 0 Å². The molecule has 3 atom stereocenters. The summed E-state index contributed by atoms with van der Waals surface area (Å²) < 4.78 is 0. The molecule has 1 aromatic rings. The number of hydrogen-bond acceptors (Lipinski definition) is 1. The van der Waals surface area contributed by atoms with E-state index < -0.39 is 0 Å². The van der Waals surface area contributed by atoms with Crippen LogP contribution in [-0.4, -0.2) is 11.2 Å². The van der Waals surface area contributed by atoms with Crippen molar-refractivity contribution < 1.29 is 5.11 Å². The van der Waals surface area contributed by atoms with E-state index in [1.165, 1.54) is 18.4 Å². The van der Waals surface area contributed by atoms with Crippen molar-refractivity contribution in [2.75, 3.05) is 0 Å². The molecule has 0 aromatic heterocycles. The predicted octanol–water partition coefficient (Wildman–Crippen LogP) is 4.00. The molecule has 0 spiro atoms. The van der Waals surface area contributed by atoms with Crippen LogP contribution in [0.3, 0.4) is 0 Å². The van der Waals surface area contributed by atoms with E-state index in [-0.39, 0.29) is 16.9 Å². The Kier molecular flexibility index (Phi) is 2.83. The molecule has 0 bridgehead atoms. The molecule has 1 fully saturated rings. The number of aliphatic hydroxyl groups excluding tert-OH is 1. The normalized spacial score (nSPS) is 36.5. The second-order valence-corrected chi connectivity index (χ2v) is 7.49. The van der Waals surface area contributed by atoms with Gasteiger partial charge in [0.05, 0.1) is 6.10 Å². The van der Waals surface area contributed by atoms with Crippen molar-refractivity contribution in [1.82, 2.24) is 0 Å². The van der Waals surface area contributed by atoms with Gasteiger partial charge >= 0.3 is 0 Å². The Morgan fingerprint density at radius 1 is 1.16 bits per heavy atom. The molecule has 3 rings (SSSR count). The minimum atomic E-state index is -0.142. The first-order valence-corrected chi connectivity index (χ1v) is 7.64. The van der Waals surface area contributed by atoms with Gasteiger partial charge in [0.25, 0.3) is 0 Å². The highest BCUT2D eigenvalue weighted by molar-refractivity contribution is 5.43. The Labute approximate surface area is 117 Å². The zero-order valence-corrected chi connectivity index (χ0v) is 12.7. The first kappa shape index (κ1) is 13.2. The summed E-state index contributed by atoms with van der Waals surface area (Å²) in [4.78, 5) is 0. The summed E-state index contributed by atoms with van der Waals surface area (Å²) in [5.41, 5.74) is 4.87. The van der Waals surface area contributed by atoms with Gasteiger partial charge in [0.2, 0.25) is 0 Å². The molecule has 0 amide bonds. The van der Waals surface area contributed by atoms with Crippen molar-refractivity contribution in [3.8, 4) is 0 Å². The molecule has 1 heteroatoms. The average molecular weight is 258 g/mol. The summed E-state index contributed by atoms with van der Waals surface area (Å²) in [6, 6.07) is 6.79. The number of hydrogen-bond donors (Lipinski definition) is 1. The van der Waals surface area contributed by atoms with Gasteiger partial charge in [-0.05, 0) is 66.0 Å². The molecule has 2 aliphatic carbocycles. The van der Waals surface area contributed by atoms with Gasteiger partial charge in [-0.2, -0.15) is 0 Å².